The van der Waals surface area contributed by atoms with Crippen LogP contribution in [0.2, 0.25) is 5.02 Å². The summed E-state index contributed by atoms with van der Waals surface area (Å²) in [7, 11) is 1.36. The van der Waals surface area contributed by atoms with Gasteiger partial charge in [-0.2, -0.15) is 5.10 Å². The molecule has 1 saturated carbocycles. The SMILES string of the molecule is COC(=O)C1(NC(=O)c2cnn(-c3cccc(Cl)c3)c2C)CCC(C)CC1. The minimum atomic E-state index is -0.969. The average Bonchev–Trinajstić information content (AvgIpc) is 3.04. The van der Waals surface area contributed by atoms with Crippen LogP contribution in [0.4, 0.5) is 0 Å². The maximum Gasteiger partial charge on any atom is 0.331 e. The monoisotopic (exact) mass is 389 g/mol. The number of halogens is 1. The van der Waals surface area contributed by atoms with Gasteiger partial charge < -0.3 is 10.1 Å². The topological polar surface area (TPSA) is 73.2 Å². The van der Waals surface area contributed by atoms with Crippen molar-refractivity contribution >= 4 is 23.5 Å². The molecule has 1 amide bonds. The van der Waals surface area contributed by atoms with Gasteiger partial charge in [-0.15, -0.1) is 0 Å². The third-order valence-electron chi connectivity index (χ3n) is 5.36. The van der Waals surface area contributed by atoms with Gasteiger partial charge in [-0.25, -0.2) is 9.48 Å². The highest BCUT2D eigenvalue weighted by Gasteiger charge is 2.43. The van der Waals surface area contributed by atoms with Crippen LogP contribution in [0.15, 0.2) is 30.5 Å². The summed E-state index contributed by atoms with van der Waals surface area (Å²) in [5.41, 5.74) is 0.909. The lowest BCUT2D eigenvalue weighted by molar-refractivity contribution is -0.150. The molecule has 0 unspecified atom stereocenters. The Morgan fingerprint density at radius 1 is 1.33 bits per heavy atom. The van der Waals surface area contributed by atoms with Crippen LogP contribution in [-0.4, -0.2) is 34.3 Å². The first-order valence-electron chi connectivity index (χ1n) is 9.08. The molecule has 0 bridgehead atoms. The van der Waals surface area contributed by atoms with Crippen LogP contribution in [0.25, 0.3) is 5.69 Å². The van der Waals surface area contributed by atoms with Gasteiger partial charge in [0.1, 0.15) is 5.54 Å². The highest BCUT2D eigenvalue weighted by molar-refractivity contribution is 6.30. The zero-order valence-electron chi connectivity index (χ0n) is 15.8. The van der Waals surface area contributed by atoms with E-state index in [4.69, 9.17) is 16.3 Å². The fraction of sp³-hybridized carbons (Fsp3) is 0.450. The number of esters is 1. The molecule has 1 aromatic heterocycles. The van der Waals surface area contributed by atoms with Crippen molar-refractivity contribution < 1.29 is 14.3 Å². The van der Waals surface area contributed by atoms with E-state index in [1.54, 1.807) is 16.8 Å². The van der Waals surface area contributed by atoms with Gasteiger partial charge in [0.05, 0.1) is 30.3 Å². The van der Waals surface area contributed by atoms with Gasteiger partial charge in [0.2, 0.25) is 0 Å². The number of benzene rings is 1. The molecule has 1 N–H and O–H groups in total. The summed E-state index contributed by atoms with van der Waals surface area (Å²) in [6, 6.07) is 7.25. The summed E-state index contributed by atoms with van der Waals surface area (Å²) >= 11 is 6.05. The molecule has 1 heterocycles. The van der Waals surface area contributed by atoms with E-state index in [-0.39, 0.29) is 11.9 Å². The highest BCUT2D eigenvalue weighted by Crippen LogP contribution is 2.33. The molecule has 3 rings (SSSR count). The Balaban J connectivity index is 1.86. The van der Waals surface area contributed by atoms with Crippen LogP contribution in [0.3, 0.4) is 0 Å². The number of rotatable bonds is 4. The van der Waals surface area contributed by atoms with Gasteiger partial charge in [-0.05, 0) is 56.7 Å². The minimum absolute atomic E-state index is 0.319. The first-order chi connectivity index (χ1) is 12.9. The number of aromatic nitrogens is 2. The number of nitrogens with zero attached hydrogens (tertiary/aromatic N) is 2. The van der Waals surface area contributed by atoms with E-state index in [1.807, 2.05) is 19.1 Å². The molecule has 6 nitrogen and oxygen atoms in total. The Hall–Kier alpha value is -2.34. The Morgan fingerprint density at radius 2 is 2.04 bits per heavy atom. The molecule has 1 fully saturated rings. The van der Waals surface area contributed by atoms with E-state index >= 15 is 0 Å². The van der Waals surface area contributed by atoms with Crippen LogP contribution in [0.1, 0.15) is 48.7 Å². The van der Waals surface area contributed by atoms with E-state index in [1.165, 1.54) is 13.3 Å². The zero-order valence-corrected chi connectivity index (χ0v) is 16.5. The van der Waals surface area contributed by atoms with E-state index in [0.29, 0.717) is 35.0 Å². The fourth-order valence-electron chi connectivity index (χ4n) is 3.62. The number of carbonyl (C=O) groups excluding carboxylic acids is 2. The Labute approximate surface area is 163 Å². The molecular weight excluding hydrogens is 366 g/mol. The third-order valence-corrected chi connectivity index (χ3v) is 5.60. The largest absolute Gasteiger partial charge is 0.467 e. The number of ether oxygens (including phenoxy) is 1. The standard InChI is InChI=1S/C20H24ClN3O3/c1-13-7-9-20(10-8-13,19(26)27-3)23-18(25)17-12-22-24(14(17)2)16-6-4-5-15(21)11-16/h4-6,11-13H,7-10H2,1-3H3,(H,23,25). The third kappa shape index (κ3) is 3.86. The van der Waals surface area contributed by atoms with Crippen molar-refractivity contribution in [1.29, 1.82) is 0 Å². The highest BCUT2D eigenvalue weighted by atomic mass is 35.5. The number of hydrogen-bond acceptors (Lipinski definition) is 4. The van der Waals surface area contributed by atoms with E-state index in [9.17, 15) is 9.59 Å². The zero-order chi connectivity index (χ0) is 19.6. The van der Waals surface area contributed by atoms with Crippen molar-refractivity contribution in [2.24, 2.45) is 5.92 Å². The van der Waals surface area contributed by atoms with E-state index in [2.05, 4.69) is 17.3 Å². The summed E-state index contributed by atoms with van der Waals surface area (Å²) < 4.78 is 6.66. The molecule has 1 aliphatic rings. The lowest BCUT2D eigenvalue weighted by Crippen LogP contribution is -2.56. The van der Waals surface area contributed by atoms with Crippen molar-refractivity contribution in [3.05, 3.63) is 46.7 Å². The summed E-state index contributed by atoms with van der Waals surface area (Å²) in [4.78, 5) is 25.4. The second-order valence-electron chi connectivity index (χ2n) is 7.25. The van der Waals surface area contributed by atoms with Gasteiger partial charge >= 0.3 is 5.97 Å². The predicted octanol–water partition coefficient (Wildman–Crippen LogP) is 3.69. The molecule has 27 heavy (non-hydrogen) atoms. The van der Waals surface area contributed by atoms with Crippen LogP contribution < -0.4 is 5.32 Å². The lowest BCUT2D eigenvalue weighted by atomic mass is 9.77. The fourth-order valence-corrected chi connectivity index (χ4v) is 3.80. The predicted molar refractivity (Wildman–Crippen MR) is 103 cm³/mol. The second kappa shape index (κ2) is 7.72. The summed E-state index contributed by atoms with van der Waals surface area (Å²) in [5.74, 6) is -0.171. The first-order valence-corrected chi connectivity index (χ1v) is 9.45. The number of nitrogens with one attached hydrogen (secondary N) is 1. The smallest absolute Gasteiger partial charge is 0.331 e. The van der Waals surface area contributed by atoms with Crippen LogP contribution >= 0.6 is 11.6 Å². The molecule has 1 aliphatic carbocycles. The van der Waals surface area contributed by atoms with Gasteiger partial charge in [0, 0.05) is 5.02 Å². The first kappa shape index (κ1) is 19.4. The summed E-state index contributed by atoms with van der Waals surface area (Å²) in [6.45, 7) is 3.97. The van der Waals surface area contributed by atoms with Crippen molar-refractivity contribution in [2.45, 2.75) is 45.1 Å². The number of carbonyl (C=O) groups is 2. The molecule has 0 atom stereocenters. The molecule has 2 aromatic rings. The Morgan fingerprint density at radius 3 is 2.67 bits per heavy atom. The van der Waals surface area contributed by atoms with Crippen LogP contribution in [-0.2, 0) is 9.53 Å². The molecule has 0 saturated heterocycles. The maximum atomic E-state index is 13.0. The quantitative estimate of drug-likeness (QED) is 0.809. The molecule has 0 radical (unpaired) electrons. The van der Waals surface area contributed by atoms with Crippen molar-refractivity contribution in [3.63, 3.8) is 0 Å². The average molecular weight is 390 g/mol. The Bertz CT molecular complexity index is 854. The van der Waals surface area contributed by atoms with Crippen molar-refractivity contribution in [3.8, 4) is 5.69 Å². The number of hydrogen-bond donors (Lipinski definition) is 1. The molecule has 0 spiro atoms. The number of amides is 1. The van der Waals surface area contributed by atoms with Crippen molar-refractivity contribution in [2.75, 3.05) is 7.11 Å². The van der Waals surface area contributed by atoms with E-state index < -0.39 is 5.54 Å². The van der Waals surface area contributed by atoms with Gasteiger partial charge in [0.15, 0.2) is 0 Å². The molecule has 0 aliphatic heterocycles. The molecule has 144 valence electrons. The van der Waals surface area contributed by atoms with Crippen LogP contribution in [0, 0.1) is 12.8 Å². The van der Waals surface area contributed by atoms with Gasteiger partial charge in [-0.1, -0.05) is 24.6 Å². The van der Waals surface area contributed by atoms with Gasteiger partial charge in [0.25, 0.3) is 5.91 Å². The molecular formula is C20H24ClN3O3. The lowest BCUT2D eigenvalue weighted by Gasteiger charge is -2.37. The van der Waals surface area contributed by atoms with Gasteiger partial charge in [-0.3, -0.25) is 4.79 Å². The maximum absolute atomic E-state index is 13.0. The molecule has 1 aromatic carbocycles. The normalized spacial score (nSPS) is 22.3. The minimum Gasteiger partial charge on any atom is -0.467 e. The molecule has 7 heteroatoms. The second-order valence-corrected chi connectivity index (χ2v) is 7.68. The summed E-state index contributed by atoms with van der Waals surface area (Å²) in [5, 5.41) is 7.86. The van der Waals surface area contributed by atoms with Crippen molar-refractivity contribution in [1.82, 2.24) is 15.1 Å². The van der Waals surface area contributed by atoms with E-state index in [0.717, 1.165) is 18.5 Å². The summed E-state index contributed by atoms with van der Waals surface area (Å²) in [6.07, 6.45) is 4.41. The Kier molecular flexibility index (Phi) is 5.56. The number of methoxy groups -OCH3 is 1. The van der Waals surface area contributed by atoms with Crippen LogP contribution in [0.5, 0.6) is 0 Å².